The normalized spacial score (nSPS) is 14.3. The Morgan fingerprint density at radius 2 is 1.44 bits per heavy atom. The molecule has 0 saturated carbocycles. The van der Waals surface area contributed by atoms with E-state index in [1.54, 1.807) is 25.6 Å². The van der Waals surface area contributed by atoms with Crippen LogP contribution >= 0.6 is 11.8 Å². The van der Waals surface area contributed by atoms with Crippen molar-refractivity contribution in [2.24, 2.45) is 33.8 Å². The van der Waals surface area contributed by atoms with E-state index in [0.29, 0.717) is 44.4 Å². The highest BCUT2D eigenvalue weighted by molar-refractivity contribution is 7.98. The zero-order chi connectivity index (χ0) is 27.7. The van der Waals surface area contributed by atoms with Crippen molar-refractivity contribution in [2.75, 3.05) is 25.1 Å². The SMILES string of the molecule is CSCCC(N)C(=O)NC(CCCCN)C(=O)NC(CCCN=C(N)N)C(=O)NC(C(=O)O)C(C)C. The first kappa shape index (κ1) is 33.4. The first-order valence-corrected chi connectivity index (χ1v) is 13.5. The lowest BCUT2D eigenvalue weighted by Crippen LogP contribution is -2.57. The number of carbonyl (C=O) groups is 4. The van der Waals surface area contributed by atoms with Gasteiger partial charge in [0.05, 0.1) is 6.04 Å². The minimum atomic E-state index is -1.19. The fourth-order valence-electron chi connectivity index (χ4n) is 3.23. The lowest BCUT2D eigenvalue weighted by atomic mass is 10.0. The highest BCUT2D eigenvalue weighted by Gasteiger charge is 2.31. The highest BCUT2D eigenvalue weighted by atomic mass is 32.2. The van der Waals surface area contributed by atoms with E-state index in [1.165, 1.54) is 0 Å². The summed E-state index contributed by atoms with van der Waals surface area (Å²) in [6.45, 7) is 3.97. The molecule has 0 heterocycles. The number of nitrogens with one attached hydrogen (secondary N) is 3. The minimum Gasteiger partial charge on any atom is -0.480 e. The first-order valence-electron chi connectivity index (χ1n) is 12.1. The molecule has 3 amide bonds. The first-order chi connectivity index (χ1) is 16.9. The maximum Gasteiger partial charge on any atom is 0.326 e. The third-order valence-electron chi connectivity index (χ3n) is 5.36. The molecular weight excluding hydrogens is 488 g/mol. The average molecular weight is 533 g/mol. The molecule has 36 heavy (non-hydrogen) atoms. The number of nitrogens with zero attached hydrogens (tertiary/aromatic N) is 1. The van der Waals surface area contributed by atoms with Crippen LogP contribution in [0.15, 0.2) is 4.99 Å². The molecule has 0 bridgehead atoms. The number of amides is 3. The molecule has 4 atom stereocenters. The third kappa shape index (κ3) is 14.1. The number of rotatable bonds is 19. The quantitative estimate of drug-likeness (QED) is 0.0540. The number of nitrogens with two attached hydrogens (primary N) is 4. The molecular formula is C22H44N8O5S. The molecule has 0 aromatic heterocycles. The summed E-state index contributed by atoms with van der Waals surface area (Å²) in [6, 6.07) is -3.91. The number of hydrogen-bond acceptors (Lipinski definition) is 8. The lowest BCUT2D eigenvalue weighted by molar-refractivity contribution is -0.143. The molecule has 0 rings (SSSR count). The lowest BCUT2D eigenvalue weighted by Gasteiger charge is -2.26. The largest absolute Gasteiger partial charge is 0.480 e. The maximum atomic E-state index is 13.2. The Kier molecular flexibility index (Phi) is 17.3. The van der Waals surface area contributed by atoms with Crippen LogP contribution in [-0.4, -0.2) is 84.0 Å². The van der Waals surface area contributed by atoms with Crippen LogP contribution in [0.4, 0.5) is 0 Å². The predicted octanol–water partition coefficient (Wildman–Crippen LogP) is -1.56. The molecule has 0 radical (unpaired) electrons. The third-order valence-corrected chi connectivity index (χ3v) is 6.00. The minimum absolute atomic E-state index is 0.105. The van der Waals surface area contributed by atoms with Gasteiger partial charge < -0.3 is 44.0 Å². The number of thioether (sulfide) groups is 1. The van der Waals surface area contributed by atoms with E-state index >= 15 is 0 Å². The van der Waals surface area contributed by atoms with E-state index in [4.69, 9.17) is 22.9 Å². The summed E-state index contributed by atoms with van der Waals surface area (Å²) in [7, 11) is 0. The van der Waals surface area contributed by atoms with Crippen molar-refractivity contribution in [1.29, 1.82) is 0 Å². The topological polar surface area (TPSA) is 241 Å². The van der Waals surface area contributed by atoms with Crippen molar-refractivity contribution in [3.63, 3.8) is 0 Å². The van der Waals surface area contributed by atoms with Crippen LogP contribution in [0.5, 0.6) is 0 Å². The molecule has 208 valence electrons. The number of carboxylic acid groups (broad SMARTS) is 1. The molecule has 4 unspecified atom stereocenters. The zero-order valence-electron chi connectivity index (χ0n) is 21.5. The number of carbonyl (C=O) groups excluding carboxylic acids is 3. The fourth-order valence-corrected chi connectivity index (χ4v) is 3.72. The van der Waals surface area contributed by atoms with Gasteiger partial charge >= 0.3 is 5.97 Å². The zero-order valence-corrected chi connectivity index (χ0v) is 22.3. The Labute approximate surface area is 217 Å². The smallest absolute Gasteiger partial charge is 0.326 e. The van der Waals surface area contributed by atoms with Gasteiger partial charge in [0, 0.05) is 6.54 Å². The standard InChI is InChI=1S/C22H44N8O5S/c1-13(2)17(21(34)35)30-20(33)16(8-6-11-27-22(25)26)29-19(32)15(7-4-5-10-23)28-18(31)14(24)9-12-36-3/h13-17H,4-12,23-24H2,1-3H3,(H,28,31)(H,29,32)(H,30,33)(H,34,35)(H4,25,26,27). The molecule has 0 fully saturated rings. The van der Waals surface area contributed by atoms with Crippen molar-refractivity contribution in [2.45, 2.75) is 76.5 Å². The predicted molar refractivity (Wildman–Crippen MR) is 142 cm³/mol. The Morgan fingerprint density at radius 3 is 1.94 bits per heavy atom. The Hall–Kier alpha value is -2.58. The van der Waals surface area contributed by atoms with Crippen molar-refractivity contribution >= 4 is 41.4 Å². The van der Waals surface area contributed by atoms with Crippen molar-refractivity contribution in [1.82, 2.24) is 16.0 Å². The van der Waals surface area contributed by atoms with Crippen LogP contribution in [0.2, 0.25) is 0 Å². The molecule has 12 N–H and O–H groups in total. The van der Waals surface area contributed by atoms with Gasteiger partial charge in [-0.25, -0.2) is 4.79 Å². The summed E-state index contributed by atoms with van der Waals surface area (Å²) in [6.07, 6.45) is 4.37. The van der Waals surface area contributed by atoms with Gasteiger partial charge in [0.2, 0.25) is 17.7 Å². The number of hydrogen-bond donors (Lipinski definition) is 8. The average Bonchev–Trinajstić information content (AvgIpc) is 2.81. The van der Waals surface area contributed by atoms with Gasteiger partial charge in [-0.2, -0.15) is 11.8 Å². The molecule has 0 aromatic rings. The van der Waals surface area contributed by atoms with Crippen LogP contribution in [-0.2, 0) is 19.2 Å². The Balaban J connectivity index is 5.58. The van der Waals surface area contributed by atoms with E-state index in [1.807, 2.05) is 6.26 Å². The monoisotopic (exact) mass is 532 g/mol. The number of aliphatic imine (C=N–C) groups is 1. The number of carboxylic acids is 1. The molecule has 13 nitrogen and oxygen atoms in total. The van der Waals surface area contributed by atoms with Crippen molar-refractivity contribution in [3.05, 3.63) is 0 Å². The summed E-state index contributed by atoms with van der Waals surface area (Å²) in [4.78, 5) is 54.1. The van der Waals surface area contributed by atoms with Crippen LogP contribution in [0.3, 0.4) is 0 Å². The Morgan fingerprint density at radius 1 is 0.889 bits per heavy atom. The van der Waals surface area contributed by atoms with E-state index in [9.17, 15) is 24.3 Å². The second kappa shape index (κ2) is 18.7. The summed E-state index contributed by atoms with van der Waals surface area (Å²) in [5, 5.41) is 17.3. The van der Waals surface area contributed by atoms with Crippen LogP contribution < -0.4 is 38.9 Å². The second-order valence-electron chi connectivity index (χ2n) is 8.81. The maximum absolute atomic E-state index is 13.2. The molecule has 14 heteroatoms. The highest BCUT2D eigenvalue weighted by Crippen LogP contribution is 2.08. The van der Waals surface area contributed by atoms with Crippen LogP contribution in [0, 0.1) is 5.92 Å². The summed E-state index contributed by atoms with van der Waals surface area (Å²) in [5.41, 5.74) is 22.2. The van der Waals surface area contributed by atoms with Gasteiger partial charge in [0.25, 0.3) is 0 Å². The van der Waals surface area contributed by atoms with Crippen molar-refractivity contribution < 1.29 is 24.3 Å². The molecule has 0 aliphatic heterocycles. The summed E-state index contributed by atoms with van der Waals surface area (Å²) in [5.74, 6) is -2.67. The van der Waals surface area contributed by atoms with Crippen LogP contribution in [0.1, 0.15) is 52.4 Å². The van der Waals surface area contributed by atoms with Gasteiger partial charge in [-0.15, -0.1) is 0 Å². The van der Waals surface area contributed by atoms with Gasteiger partial charge in [-0.05, 0) is 63.0 Å². The van der Waals surface area contributed by atoms with Crippen LogP contribution in [0.25, 0.3) is 0 Å². The molecule has 0 saturated heterocycles. The van der Waals surface area contributed by atoms with E-state index in [0.717, 1.165) is 0 Å². The molecule has 0 aliphatic carbocycles. The molecule has 0 aliphatic rings. The number of aliphatic carboxylic acids is 1. The molecule has 0 aromatic carbocycles. The second-order valence-corrected chi connectivity index (χ2v) is 9.80. The van der Waals surface area contributed by atoms with Gasteiger partial charge in [-0.3, -0.25) is 19.4 Å². The number of guanidine groups is 1. The summed E-state index contributed by atoms with van der Waals surface area (Å²) >= 11 is 1.56. The van der Waals surface area contributed by atoms with E-state index < -0.39 is 47.9 Å². The van der Waals surface area contributed by atoms with Gasteiger partial charge in [-0.1, -0.05) is 13.8 Å². The number of unbranched alkanes of at least 4 members (excludes halogenated alkanes) is 1. The summed E-state index contributed by atoms with van der Waals surface area (Å²) < 4.78 is 0. The van der Waals surface area contributed by atoms with Crippen molar-refractivity contribution in [3.8, 4) is 0 Å². The molecule has 0 spiro atoms. The van der Waals surface area contributed by atoms with E-state index in [-0.39, 0.29) is 24.8 Å². The van der Waals surface area contributed by atoms with E-state index in [2.05, 4.69) is 20.9 Å². The van der Waals surface area contributed by atoms with Gasteiger partial charge in [0.1, 0.15) is 18.1 Å². The Bertz CT molecular complexity index is 733. The van der Waals surface area contributed by atoms with Gasteiger partial charge in [0.15, 0.2) is 5.96 Å². The fraction of sp³-hybridized carbons (Fsp3) is 0.773.